The number of thioether (sulfide) groups is 1. The van der Waals surface area contributed by atoms with E-state index in [1.54, 1.807) is 12.1 Å². The van der Waals surface area contributed by atoms with Crippen LogP contribution in [-0.2, 0) is 4.74 Å². The van der Waals surface area contributed by atoms with E-state index in [1.807, 2.05) is 0 Å². The molecule has 1 aromatic carbocycles. The molecule has 0 fully saturated rings. The number of ether oxygens (including phenoxy) is 1. The first-order chi connectivity index (χ1) is 9.53. The summed E-state index contributed by atoms with van der Waals surface area (Å²) in [5, 5.41) is 9.23. The van der Waals surface area contributed by atoms with Crippen molar-refractivity contribution in [1.29, 1.82) is 0 Å². The Balaban J connectivity index is 3.13. The number of methoxy groups -OCH3 is 1. The number of anilines is 1. The monoisotopic (exact) mass is 300 g/mol. The topological polar surface area (TPSA) is 140 Å². The zero-order chi connectivity index (χ0) is 15.1. The molecule has 0 unspecified atom stereocenters. The normalized spacial score (nSPS) is 11.8. The zero-order valence-electron chi connectivity index (χ0n) is 11.0. The molecule has 0 spiro atoms. The van der Waals surface area contributed by atoms with E-state index in [1.165, 1.54) is 17.9 Å². The first-order valence-electron chi connectivity index (χ1n) is 5.65. The van der Waals surface area contributed by atoms with Crippen LogP contribution in [0.25, 0.3) is 0 Å². The van der Waals surface area contributed by atoms with E-state index < -0.39 is 5.97 Å². The number of carbonyl (C=O) groups excluding carboxylic acids is 1. The summed E-state index contributed by atoms with van der Waals surface area (Å²) in [6, 6.07) is 4.82. The second kappa shape index (κ2) is 7.58. The van der Waals surface area contributed by atoms with Gasteiger partial charge in [0.2, 0.25) is 0 Å². The van der Waals surface area contributed by atoms with Crippen LogP contribution >= 0.6 is 11.8 Å². The van der Waals surface area contributed by atoms with Crippen LogP contribution in [0.3, 0.4) is 0 Å². The number of aliphatic hydroxyl groups excluding tert-OH is 1. The Kier molecular flexibility index (Phi) is 6.10. The molecule has 0 saturated carbocycles. The van der Waals surface area contributed by atoms with Gasteiger partial charge in [-0.05, 0) is 18.2 Å². The second-order valence-electron chi connectivity index (χ2n) is 3.72. The summed E-state index contributed by atoms with van der Waals surface area (Å²) in [7, 11) is 1.28. The lowest BCUT2D eigenvalue weighted by atomic mass is 10.2. The van der Waals surface area contributed by atoms with Crippen molar-refractivity contribution in [3.63, 3.8) is 0 Å². The maximum Gasteiger partial charge on any atom is 0.352 e. The van der Waals surface area contributed by atoms with Crippen molar-refractivity contribution in [2.24, 2.45) is 11.7 Å². The van der Waals surface area contributed by atoms with Crippen LogP contribution in [0.2, 0.25) is 0 Å². The number of nitrogens with zero attached hydrogens (tertiary/aromatic N) is 1. The number of amidine groups is 1. The Morgan fingerprint density at radius 2 is 2.25 bits per heavy atom. The lowest BCUT2D eigenvalue weighted by Crippen LogP contribution is -2.40. The molecule has 0 bridgehead atoms. The number of esters is 1. The lowest BCUT2D eigenvalue weighted by Gasteiger charge is -2.09. The summed E-state index contributed by atoms with van der Waals surface area (Å²) in [5.41, 5.74) is 8.83. The Labute approximate surface area is 120 Å². The first kappa shape index (κ1) is 16.1. The highest BCUT2D eigenvalue weighted by molar-refractivity contribution is 8.13. The van der Waals surface area contributed by atoms with Gasteiger partial charge >= 0.3 is 11.1 Å². The van der Waals surface area contributed by atoms with E-state index in [0.717, 1.165) is 11.8 Å². The van der Waals surface area contributed by atoms with Crippen molar-refractivity contribution in [3.05, 3.63) is 23.8 Å². The first-order valence-corrected chi connectivity index (χ1v) is 6.47. The maximum absolute atomic E-state index is 11.7. The van der Waals surface area contributed by atoms with Gasteiger partial charge in [0.25, 0.3) is 0 Å². The van der Waals surface area contributed by atoms with Gasteiger partial charge in [0.1, 0.15) is 6.54 Å². The number of hydrogen-bond acceptors (Lipinski definition) is 7. The third kappa shape index (κ3) is 4.02. The van der Waals surface area contributed by atoms with Crippen molar-refractivity contribution in [3.8, 4) is 0 Å². The van der Waals surface area contributed by atoms with Crippen molar-refractivity contribution < 1.29 is 19.3 Å². The molecule has 0 atom stereocenters. The number of nitrogens with two attached hydrogens (primary N) is 3. The molecule has 0 aliphatic carbocycles. The smallest absolute Gasteiger partial charge is 0.352 e. The number of hydrogen-bond donors (Lipinski definition) is 5. The van der Waals surface area contributed by atoms with Crippen LogP contribution in [0, 0.1) is 0 Å². The van der Waals surface area contributed by atoms with E-state index in [-0.39, 0.29) is 13.2 Å². The third-order valence-electron chi connectivity index (χ3n) is 2.34. The molecular weight excluding hydrogens is 282 g/mol. The summed E-state index contributed by atoms with van der Waals surface area (Å²) in [5.74, 6) is 10.6. The van der Waals surface area contributed by atoms with Gasteiger partial charge < -0.3 is 15.6 Å². The fourth-order valence-corrected chi connectivity index (χ4v) is 2.25. The Hall–Kier alpha value is -1.97. The number of nitrogens with one attached hydrogen (secondary N) is 1. The molecule has 9 heteroatoms. The van der Waals surface area contributed by atoms with E-state index in [9.17, 15) is 4.79 Å². The van der Waals surface area contributed by atoms with Gasteiger partial charge in [-0.25, -0.2) is 4.79 Å². The van der Waals surface area contributed by atoms with Crippen molar-refractivity contribution >= 4 is 28.6 Å². The fourth-order valence-electron chi connectivity index (χ4n) is 1.39. The number of rotatable bonds is 4. The molecule has 0 aromatic heterocycles. The molecule has 20 heavy (non-hydrogen) atoms. The molecule has 0 aliphatic heterocycles. The minimum Gasteiger partial charge on any atom is -0.465 e. The quantitative estimate of drug-likeness (QED) is 0.0686. The summed E-state index contributed by atoms with van der Waals surface area (Å²) >= 11 is 1.13. The molecule has 8 N–H and O–H groups in total. The van der Waals surface area contributed by atoms with Crippen molar-refractivity contribution in [2.45, 2.75) is 4.90 Å². The molecule has 0 amide bonds. The predicted molar refractivity (Wildman–Crippen MR) is 76.8 cm³/mol. The van der Waals surface area contributed by atoms with Gasteiger partial charge in [-0.3, -0.25) is 5.84 Å². The predicted octanol–water partition coefficient (Wildman–Crippen LogP) is -1.15. The van der Waals surface area contributed by atoms with E-state index in [0.29, 0.717) is 21.3 Å². The average Bonchev–Trinajstić information content (AvgIpc) is 2.45. The molecule has 110 valence electrons. The highest BCUT2D eigenvalue weighted by Gasteiger charge is 2.19. The van der Waals surface area contributed by atoms with Crippen LogP contribution in [-0.4, -0.2) is 41.2 Å². The minimum absolute atomic E-state index is 0.131. The number of carbonyl (C=O) groups is 1. The van der Waals surface area contributed by atoms with E-state index >= 15 is 0 Å². The summed E-state index contributed by atoms with van der Waals surface area (Å²) in [4.78, 5) is 12.3. The van der Waals surface area contributed by atoms with Gasteiger partial charge in [0.05, 0.1) is 19.3 Å². The lowest BCUT2D eigenvalue weighted by molar-refractivity contribution is -0.540. The van der Waals surface area contributed by atoms with Crippen LogP contribution < -0.4 is 22.8 Å². The van der Waals surface area contributed by atoms with E-state index in [2.05, 4.69) is 5.43 Å². The number of hydrazine groups is 2. The van der Waals surface area contributed by atoms with Crippen LogP contribution in [0.4, 0.5) is 5.69 Å². The Morgan fingerprint density at radius 1 is 1.55 bits per heavy atom. The number of hydrazone groups is 1. The van der Waals surface area contributed by atoms with Crippen LogP contribution in [0.5, 0.6) is 0 Å². The van der Waals surface area contributed by atoms with Crippen LogP contribution in [0.1, 0.15) is 10.4 Å². The standard InChI is InChI=1S/C11H17N5O3S/c1-19-10(18)8-6-7(12)2-3-9(8)20-11(15-13)16(14)4-5-17/h2-3,6,17H,4-5,12-14H2,1H3/p+1. The third-order valence-corrected chi connectivity index (χ3v) is 3.46. The molecule has 0 saturated heterocycles. The average molecular weight is 300 g/mol. The summed E-state index contributed by atoms with van der Waals surface area (Å²) in [6.45, 7) is 0.0584. The Morgan fingerprint density at radius 3 is 2.80 bits per heavy atom. The molecule has 0 heterocycles. The minimum atomic E-state index is -0.512. The van der Waals surface area contributed by atoms with Gasteiger partial charge in [-0.15, -0.1) is 0 Å². The van der Waals surface area contributed by atoms with Gasteiger partial charge in [-0.1, -0.05) is 0 Å². The summed E-state index contributed by atoms with van der Waals surface area (Å²) < 4.78 is 5.94. The largest absolute Gasteiger partial charge is 0.465 e. The van der Waals surface area contributed by atoms with Crippen molar-refractivity contribution in [1.82, 2.24) is 5.43 Å². The van der Waals surface area contributed by atoms with Crippen molar-refractivity contribution in [2.75, 3.05) is 26.0 Å². The van der Waals surface area contributed by atoms with E-state index in [4.69, 9.17) is 27.3 Å². The molecule has 0 radical (unpaired) electrons. The Bertz CT molecular complexity index is 521. The number of nitrogen functional groups attached to an aromatic ring is 1. The highest BCUT2D eigenvalue weighted by Crippen LogP contribution is 2.25. The zero-order valence-corrected chi connectivity index (χ0v) is 11.8. The van der Waals surface area contributed by atoms with Gasteiger partial charge in [-0.2, -0.15) is 16.0 Å². The molecule has 1 aromatic rings. The highest BCUT2D eigenvalue weighted by atomic mass is 32.2. The van der Waals surface area contributed by atoms with Gasteiger partial charge in [0.15, 0.2) is 0 Å². The number of benzene rings is 1. The maximum atomic E-state index is 11.7. The number of aliphatic hydroxyl groups is 1. The molecule has 1 rings (SSSR count). The molecule has 0 aliphatic rings. The fraction of sp³-hybridized carbons (Fsp3) is 0.273. The summed E-state index contributed by atoms with van der Waals surface area (Å²) in [6.07, 6.45) is 0. The molecular formula is C11H18N5O3S+. The SMILES string of the molecule is COC(=O)c1cc(N)ccc1S/C(NN)=[N+](/N)CCO. The molecule has 8 nitrogen and oxygen atoms in total. The van der Waals surface area contributed by atoms with Crippen LogP contribution in [0.15, 0.2) is 23.1 Å². The van der Waals surface area contributed by atoms with Gasteiger partial charge in [0, 0.05) is 22.3 Å². The second-order valence-corrected chi connectivity index (χ2v) is 4.75.